The molecule has 0 heterocycles. The van der Waals surface area contributed by atoms with E-state index in [1.165, 1.54) is 0 Å². The van der Waals surface area contributed by atoms with Crippen LogP contribution in [0.3, 0.4) is 0 Å². The SMILES string of the molecule is N#Cc1ccc(O/C(C(=N)C2CC2)=C(/NCO)C2CC2)cc1. The number of aliphatic hydroxyl groups is 1. The molecule has 0 spiro atoms. The zero-order valence-electron chi connectivity index (χ0n) is 12.3. The Kier molecular flexibility index (Phi) is 4.12. The fourth-order valence-corrected chi connectivity index (χ4v) is 2.40. The Bertz CT molecular complexity index is 635. The second kappa shape index (κ2) is 6.20. The molecule has 114 valence electrons. The summed E-state index contributed by atoms with van der Waals surface area (Å²) in [6.07, 6.45) is 4.16. The van der Waals surface area contributed by atoms with E-state index in [0.29, 0.717) is 28.7 Å². The fraction of sp³-hybridized carbons (Fsp3) is 0.412. The smallest absolute Gasteiger partial charge is 0.167 e. The largest absolute Gasteiger partial charge is 0.454 e. The third kappa shape index (κ3) is 3.29. The molecule has 5 heteroatoms. The van der Waals surface area contributed by atoms with Crippen molar-refractivity contribution in [1.29, 1.82) is 10.7 Å². The minimum absolute atomic E-state index is 0.163. The summed E-state index contributed by atoms with van der Waals surface area (Å²) >= 11 is 0. The van der Waals surface area contributed by atoms with Crippen molar-refractivity contribution >= 4 is 5.71 Å². The highest BCUT2D eigenvalue weighted by molar-refractivity contribution is 6.00. The van der Waals surface area contributed by atoms with Crippen molar-refractivity contribution in [2.75, 3.05) is 6.73 Å². The second-order valence-electron chi connectivity index (χ2n) is 5.78. The molecule has 2 saturated carbocycles. The molecule has 2 fully saturated rings. The van der Waals surface area contributed by atoms with Crippen LogP contribution in [0.2, 0.25) is 0 Å². The van der Waals surface area contributed by atoms with Gasteiger partial charge in [-0.05, 0) is 49.9 Å². The van der Waals surface area contributed by atoms with Crippen LogP contribution in [-0.4, -0.2) is 17.5 Å². The van der Waals surface area contributed by atoms with Gasteiger partial charge in [0.15, 0.2) is 5.76 Å². The van der Waals surface area contributed by atoms with Gasteiger partial charge in [-0.3, -0.25) is 0 Å². The Balaban J connectivity index is 1.88. The van der Waals surface area contributed by atoms with Gasteiger partial charge >= 0.3 is 0 Å². The van der Waals surface area contributed by atoms with Gasteiger partial charge in [-0.2, -0.15) is 5.26 Å². The molecule has 0 saturated heterocycles. The Morgan fingerprint density at radius 2 is 1.86 bits per heavy atom. The average molecular weight is 297 g/mol. The van der Waals surface area contributed by atoms with Gasteiger partial charge in [0.05, 0.1) is 23.0 Å². The summed E-state index contributed by atoms with van der Waals surface area (Å²) < 4.78 is 5.97. The molecule has 2 aliphatic carbocycles. The van der Waals surface area contributed by atoms with Gasteiger partial charge in [-0.15, -0.1) is 0 Å². The molecule has 2 aliphatic rings. The molecular formula is C17H19N3O2. The van der Waals surface area contributed by atoms with Crippen molar-refractivity contribution in [2.45, 2.75) is 25.7 Å². The average Bonchev–Trinajstić information content (AvgIpc) is 3.41. The van der Waals surface area contributed by atoms with Gasteiger partial charge in [-0.25, -0.2) is 0 Å². The van der Waals surface area contributed by atoms with E-state index in [1.807, 2.05) is 0 Å². The van der Waals surface area contributed by atoms with Gasteiger partial charge in [0.1, 0.15) is 12.5 Å². The standard InChI is InChI=1S/C17H19N3O2/c18-9-11-1-7-14(8-2-11)22-17(15(19)12-3-4-12)16(20-10-21)13-5-6-13/h1-2,7-8,12-13,19-21H,3-6,10H2/b17-16+,19-15?. The van der Waals surface area contributed by atoms with Crippen molar-refractivity contribution in [3.05, 3.63) is 41.3 Å². The minimum atomic E-state index is -0.163. The zero-order valence-corrected chi connectivity index (χ0v) is 12.3. The lowest BCUT2D eigenvalue weighted by molar-refractivity contribution is 0.268. The lowest BCUT2D eigenvalue weighted by Crippen LogP contribution is -2.24. The third-order valence-corrected chi connectivity index (χ3v) is 3.93. The zero-order chi connectivity index (χ0) is 15.5. The molecule has 0 bridgehead atoms. The second-order valence-corrected chi connectivity index (χ2v) is 5.78. The highest BCUT2D eigenvalue weighted by atomic mass is 16.5. The van der Waals surface area contributed by atoms with Crippen LogP contribution in [-0.2, 0) is 0 Å². The molecule has 0 unspecified atom stereocenters. The van der Waals surface area contributed by atoms with Crippen LogP contribution >= 0.6 is 0 Å². The highest BCUT2D eigenvalue weighted by Gasteiger charge is 2.36. The van der Waals surface area contributed by atoms with E-state index < -0.39 is 0 Å². The number of benzene rings is 1. The van der Waals surface area contributed by atoms with E-state index in [4.69, 9.17) is 15.4 Å². The van der Waals surface area contributed by atoms with E-state index in [2.05, 4.69) is 11.4 Å². The molecule has 22 heavy (non-hydrogen) atoms. The van der Waals surface area contributed by atoms with Gasteiger partial charge in [0.25, 0.3) is 0 Å². The van der Waals surface area contributed by atoms with Crippen LogP contribution in [0.1, 0.15) is 31.2 Å². The quantitative estimate of drug-likeness (QED) is 0.410. The minimum Gasteiger partial charge on any atom is -0.454 e. The van der Waals surface area contributed by atoms with Crippen molar-refractivity contribution < 1.29 is 9.84 Å². The summed E-state index contributed by atoms with van der Waals surface area (Å²) in [5.74, 6) is 1.77. The van der Waals surface area contributed by atoms with E-state index in [0.717, 1.165) is 31.4 Å². The van der Waals surface area contributed by atoms with Crippen LogP contribution in [0.25, 0.3) is 0 Å². The highest BCUT2D eigenvalue weighted by Crippen LogP contribution is 2.40. The molecule has 0 radical (unpaired) electrons. The molecule has 0 aliphatic heterocycles. The number of ether oxygens (including phenoxy) is 1. The van der Waals surface area contributed by atoms with Gasteiger partial charge in [0, 0.05) is 11.8 Å². The number of nitriles is 1. The molecule has 0 atom stereocenters. The molecule has 3 rings (SSSR count). The molecule has 0 amide bonds. The van der Waals surface area contributed by atoms with Crippen molar-refractivity contribution in [3.8, 4) is 11.8 Å². The number of hydrogen-bond donors (Lipinski definition) is 3. The number of nitrogens with one attached hydrogen (secondary N) is 2. The first-order valence-electron chi connectivity index (χ1n) is 7.58. The maximum atomic E-state index is 9.23. The predicted molar refractivity (Wildman–Crippen MR) is 82.2 cm³/mol. The summed E-state index contributed by atoms with van der Waals surface area (Å²) in [5.41, 5.74) is 1.92. The molecular weight excluding hydrogens is 278 g/mol. The summed E-state index contributed by atoms with van der Waals surface area (Å²) in [4.78, 5) is 0. The van der Waals surface area contributed by atoms with Crippen LogP contribution in [0.4, 0.5) is 0 Å². The number of rotatable bonds is 7. The Labute approximate surface area is 129 Å². The van der Waals surface area contributed by atoms with E-state index in [9.17, 15) is 5.11 Å². The van der Waals surface area contributed by atoms with Gasteiger partial charge in [0.2, 0.25) is 0 Å². The normalized spacial score (nSPS) is 18.2. The first kappa shape index (κ1) is 14.6. The lowest BCUT2D eigenvalue weighted by Gasteiger charge is -2.17. The topological polar surface area (TPSA) is 89.1 Å². The van der Waals surface area contributed by atoms with Gasteiger partial charge < -0.3 is 20.6 Å². The molecule has 1 aromatic rings. The third-order valence-electron chi connectivity index (χ3n) is 3.93. The number of hydrogen-bond acceptors (Lipinski definition) is 5. The number of allylic oxidation sites excluding steroid dienone is 2. The van der Waals surface area contributed by atoms with Crippen LogP contribution in [0.15, 0.2) is 35.7 Å². The molecule has 3 N–H and O–H groups in total. The molecule has 1 aromatic carbocycles. The summed E-state index contributed by atoms with van der Waals surface area (Å²) in [6, 6.07) is 8.95. The van der Waals surface area contributed by atoms with Crippen molar-refractivity contribution in [1.82, 2.24) is 5.32 Å². The first-order valence-corrected chi connectivity index (χ1v) is 7.58. The number of nitrogens with zero attached hydrogens (tertiary/aromatic N) is 1. The maximum absolute atomic E-state index is 9.23. The Hall–Kier alpha value is -2.32. The van der Waals surface area contributed by atoms with Crippen molar-refractivity contribution in [3.63, 3.8) is 0 Å². The van der Waals surface area contributed by atoms with Crippen molar-refractivity contribution in [2.24, 2.45) is 11.8 Å². The van der Waals surface area contributed by atoms with Crippen LogP contribution in [0, 0.1) is 28.6 Å². The van der Waals surface area contributed by atoms with Crippen LogP contribution in [0.5, 0.6) is 5.75 Å². The molecule has 5 nitrogen and oxygen atoms in total. The predicted octanol–water partition coefficient (Wildman–Crippen LogP) is 2.53. The molecule has 0 aromatic heterocycles. The Morgan fingerprint density at radius 1 is 1.23 bits per heavy atom. The first-order chi connectivity index (χ1) is 10.7. The van der Waals surface area contributed by atoms with Gasteiger partial charge in [-0.1, -0.05) is 0 Å². The maximum Gasteiger partial charge on any atom is 0.167 e. The number of aliphatic hydroxyl groups excluding tert-OH is 1. The van der Waals surface area contributed by atoms with E-state index in [-0.39, 0.29) is 12.6 Å². The van der Waals surface area contributed by atoms with Crippen LogP contribution < -0.4 is 10.1 Å². The summed E-state index contributed by atoms with van der Waals surface area (Å²) in [7, 11) is 0. The van der Waals surface area contributed by atoms with E-state index in [1.54, 1.807) is 24.3 Å². The monoisotopic (exact) mass is 297 g/mol. The van der Waals surface area contributed by atoms with E-state index >= 15 is 0 Å². The summed E-state index contributed by atoms with van der Waals surface area (Å²) in [6.45, 7) is -0.163. The Morgan fingerprint density at radius 3 is 2.36 bits per heavy atom. The summed E-state index contributed by atoms with van der Waals surface area (Å²) in [5, 5.41) is 29.4. The lowest BCUT2D eigenvalue weighted by atomic mass is 10.1. The fourth-order valence-electron chi connectivity index (χ4n) is 2.40.